The van der Waals surface area contributed by atoms with E-state index >= 15 is 0 Å². The number of rotatable bonds is 4. The van der Waals surface area contributed by atoms with Crippen LogP contribution in [0.2, 0.25) is 0 Å². The Morgan fingerprint density at radius 2 is 2.24 bits per heavy atom. The van der Waals surface area contributed by atoms with E-state index in [2.05, 4.69) is 25.9 Å². The van der Waals surface area contributed by atoms with E-state index in [1.165, 1.54) is 0 Å². The number of imidazole rings is 1. The largest absolute Gasteiger partial charge is 0.492 e. The topological polar surface area (TPSA) is 47.1 Å². The van der Waals surface area contributed by atoms with Gasteiger partial charge in [0.25, 0.3) is 0 Å². The summed E-state index contributed by atoms with van der Waals surface area (Å²) in [7, 11) is 1.62. The maximum Gasteiger partial charge on any atom is 0.174 e. The van der Waals surface area contributed by atoms with Crippen LogP contribution in [-0.4, -0.2) is 23.7 Å². The van der Waals surface area contributed by atoms with Gasteiger partial charge in [0.2, 0.25) is 0 Å². The summed E-state index contributed by atoms with van der Waals surface area (Å²) in [6.45, 7) is 2.53. The molecule has 1 heterocycles. The number of halogens is 1. The minimum Gasteiger partial charge on any atom is -0.492 e. The molecule has 5 heteroatoms. The van der Waals surface area contributed by atoms with Crippen LogP contribution in [0.5, 0.6) is 11.5 Å². The Bertz CT molecular complexity index is 497. The minimum atomic E-state index is 0.588. The molecule has 4 nitrogen and oxygen atoms in total. The fourth-order valence-electron chi connectivity index (χ4n) is 1.59. The lowest BCUT2D eigenvalue weighted by Gasteiger charge is -2.12. The molecule has 0 atom stereocenters. The molecule has 1 aromatic carbocycles. The molecule has 2 aromatic rings. The van der Waals surface area contributed by atoms with Gasteiger partial charge in [-0.25, -0.2) is 4.98 Å². The van der Waals surface area contributed by atoms with Gasteiger partial charge in [0, 0.05) is 18.0 Å². The summed E-state index contributed by atoms with van der Waals surface area (Å²) in [6.07, 6.45) is 3.50. The predicted octanol–water partition coefficient (Wildman–Crippen LogP) is 3.25. The Kier molecular flexibility index (Phi) is 3.68. The Labute approximate surface area is 108 Å². The number of methoxy groups -OCH3 is 1. The molecule has 0 bridgehead atoms. The van der Waals surface area contributed by atoms with Crippen LogP contribution in [0.3, 0.4) is 0 Å². The molecule has 1 N–H and O–H groups in total. The monoisotopic (exact) mass is 296 g/mol. The number of aromatic amines is 1. The number of ether oxygens (including phenoxy) is 2. The zero-order valence-corrected chi connectivity index (χ0v) is 11.2. The van der Waals surface area contributed by atoms with E-state index in [-0.39, 0.29) is 0 Å². The average molecular weight is 297 g/mol. The molecule has 1 aromatic heterocycles. The molecule has 0 saturated carbocycles. The molecular formula is C12H13BrN2O2. The lowest BCUT2D eigenvalue weighted by atomic mass is 10.2. The third-order valence-electron chi connectivity index (χ3n) is 2.29. The van der Waals surface area contributed by atoms with Crippen molar-refractivity contribution in [1.29, 1.82) is 0 Å². The highest BCUT2D eigenvalue weighted by molar-refractivity contribution is 9.10. The second-order valence-corrected chi connectivity index (χ2v) is 4.21. The highest BCUT2D eigenvalue weighted by atomic mass is 79.9. The van der Waals surface area contributed by atoms with Crippen molar-refractivity contribution in [3.63, 3.8) is 0 Å². The van der Waals surface area contributed by atoms with E-state index in [1.807, 2.05) is 19.1 Å². The van der Waals surface area contributed by atoms with Crippen LogP contribution in [0.1, 0.15) is 6.92 Å². The van der Waals surface area contributed by atoms with Crippen LogP contribution in [0, 0.1) is 0 Å². The number of hydrogen-bond acceptors (Lipinski definition) is 3. The van der Waals surface area contributed by atoms with Crippen molar-refractivity contribution in [3.05, 3.63) is 29.0 Å². The fraction of sp³-hybridized carbons (Fsp3) is 0.250. The van der Waals surface area contributed by atoms with Gasteiger partial charge in [0.1, 0.15) is 5.82 Å². The molecule has 0 aliphatic heterocycles. The number of nitrogens with zero attached hydrogens (tertiary/aromatic N) is 1. The van der Waals surface area contributed by atoms with Gasteiger partial charge in [-0.1, -0.05) is 0 Å². The van der Waals surface area contributed by atoms with E-state index in [9.17, 15) is 0 Å². The maximum atomic E-state index is 5.55. The number of aromatic nitrogens is 2. The predicted molar refractivity (Wildman–Crippen MR) is 69.4 cm³/mol. The first-order valence-corrected chi connectivity index (χ1v) is 6.05. The summed E-state index contributed by atoms with van der Waals surface area (Å²) in [5.74, 6) is 2.20. The van der Waals surface area contributed by atoms with Crippen molar-refractivity contribution in [3.8, 4) is 22.9 Å². The number of hydrogen-bond donors (Lipinski definition) is 1. The van der Waals surface area contributed by atoms with E-state index in [4.69, 9.17) is 9.47 Å². The quantitative estimate of drug-likeness (QED) is 0.942. The van der Waals surface area contributed by atoms with E-state index in [0.29, 0.717) is 18.1 Å². The smallest absolute Gasteiger partial charge is 0.174 e. The molecule has 0 radical (unpaired) electrons. The molecule has 90 valence electrons. The average Bonchev–Trinajstić information content (AvgIpc) is 2.82. The molecular weight excluding hydrogens is 284 g/mol. The number of benzene rings is 1. The van der Waals surface area contributed by atoms with Crippen molar-refractivity contribution in [2.45, 2.75) is 6.92 Å². The van der Waals surface area contributed by atoms with Gasteiger partial charge in [-0.05, 0) is 35.0 Å². The van der Waals surface area contributed by atoms with Gasteiger partial charge < -0.3 is 14.5 Å². The fourth-order valence-corrected chi connectivity index (χ4v) is 2.19. The van der Waals surface area contributed by atoms with E-state index in [1.54, 1.807) is 19.5 Å². The van der Waals surface area contributed by atoms with Crippen LogP contribution in [-0.2, 0) is 0 Å². The van der Waals surface area contributed by atoms with Gasteiger partial charge >= 0.3 is 0 Å². The molecule has 0 saturated heterocycles. The third kappa shape index (κ3) is 2.44. The van der Waals surface area contributed by atoms with E-state index in [0.717, 1.165) is 15.9 Å². The maximum absolute atomic E-state index is 5.55. The summed E-state index contributed by atoms with van der Waals surface area (Å²) in [5.41, 5.74) is 0.950. The van der Waals surface area contributed by atoms with Gasteiger partial charge in [-0.15, -0.1) is 0 Å². The van der Waals surface area contributed by atoms with Crippen LogP contribution in [0.25, 0.3) is 11.4 Å². The first-order valence-electron chi connectivity index (χ1n) is 5.26. The standard InChI is InChI=1S/C12H13BrN2O2/c1-3-17-10-7-8(12-14-4-5-15-12)6-9(13)11(10)16-2/h4-7H,3H2,1-2H3,(H,14,15). The molecule has 17 heavy (non-hydrogen) atoms. The molecule has 0 spiro atoms. The summed E-state index contributed by atoms with van der Waals surface area (Å²) in [5, 5.41) is 0. The molecule has 0 unspecified atom stereocenters. The van der Waals surface area contributed by atoms with Crippen molar-refractivity contribution in [1.82, 2.24) is 9.97 Å². The van der Waals surface area contributed by atoms with Crippen LogP contribution < -0.4 is 9.47 Å². The summed E-state index contributed by atoms with van der Waals surface area (Å²) >= 11 is 3.47. The summed E-state index contributed by atoms with van der Waals surface area (Å²) in [6, 6.07) is 3.85. The first-order chi connectivity index (χ1) is 8.26. The van der Waals surface area contributed by atoms with E-state index < -0.39 is 0 Å². The lowest BCUT2D eigenvalue weighted by Crippen LogP contribution is -1.97. The zero-order chi connectivity index (χ0) is 12.3. The van der Waals surface area contributed by atoms with Crippen LogP contribution in [0.15, 0.2) is 29.0 Å². The molecule has 0 aliphatic rings. The molecule has 0 amide bonds. The lowest BCUT2D eigenvalue weighted by molar-refractivity contribution is 0.310. The van der Waals surface area contributed by atoms with Gasteiger partial charge in [-0.2, -0.15) is 0 Å². The van der Waals surface area contributed by atoms with Crippen molar-refractivity contribution >= 4 is 15.9 Å². The molecule has 2 rings (SSSR count). The first kappa shape index (κ1) is 12.0. The molecule has 0 fully saturated rings. The van der Waals surface area contributed by atoms with Crippen molar-refractivity contribution in [2.24, 2.45) is 0 Å². The highest BCUT2D eigenvalue weighted by Gasteiger charge is 2.12. The highest BCUT2D eigenvalue weighted by Crippen LogP contribution is 2.38. The summed E-state index contributed by atoms with van der Waals surface area (Å²) < 4.78 is 11.7. The zero-order valence-electron chi connectivity index (χ0n) is 9.66. The van der Waals surface area contributed by atoms with Crippen LogP contribution in [0.4, 0.5) is 0 Å². The molecule has 0 aliphatic carbocycles. The second-order valence-electron chi connectivity index (χ2n) is 3.36. The van der Waals surface area contributed by atoms with Gasteiger partial charge in [-0.3, -0.25) is 0 Å². The van der Waals surface area contributed by atoms with Gasteiger partial charge in [0.05, 0.1) is 18.2 Å². The van der Waals surface area contributed by atoms with Crippen molar-refractivity contribution in [2.75, 3.05) is 13.7 Å². The van der Waals surface area contributed by atoms with Crippen molar-refractivity contribution < 1.29 is 9.47 Å². The van der Waals surface area contributed by atoms with Crippen LogP contribution >= 0.6 is 15.9 Å². The Balaban J connectivity index is 2.50. The second kappa shape index (κ2) is 5.23. The number of H-pyrrole nitrogens is 1. The third-order valence-corrected chi connectivity index (χ3v) is 2.87. The SMILES string of the molecule is CCOc1cc(-c2ncc[nH]2)cc(Br)c1OC. The normalized spacial score (nSPS) is 10.3. The summed E-state index contributed by atoms with van der Waals surface area (Å²) in [4.78, 5) is 7.27. The Morgan fingerprint density at radius 1 is 1.41 bits per heavy atom. The Morgan fingerprint density at radius 3 is 2.82 bits per heavy atom. The van der Waals surface area contributed by atoms with Gasteiger partial charge in [0.15, 0.2) is 11.5 Å². The Hall–Kier alpha value is -1.49. The minimum absolute atomic E-state index is 0.588. The number of nitrogens with one attached hydrogen (secondary N) is 1.